The molecule has 0 aliphatic rings. The van der Waals surface area contributed by atoms with E-state index in [1.807, 2.05) is 18.2 Å². The van der Waals surface area contributed by atoms with E-state index in [9.17, 15) is 0 Å². The molecule has 0 spiro atoms. The van der Waals surface area contributed by atoms with E-state index in [1.165, 1.54) is 38.3 Å². The Bertz CT molecular complexity index is 3770. The van der Waals surface area contributed by atoms with Crippen molar-refractivity contribution >= 4 is 98.3 Å². The van der Waals surface area contributed by atoms with E-state index in [0.717, 1.165) is 82.5 Å². The molecule has 0 saturated carbocycles. The van der Waals surface area contributed by atoms with Crippen molar-refractivity contribution < 1.29 is 8.83 Å². The summed E-state index contributed by atoms with van der Waals surface area (Å²) in [6.45, 7) is 0. The van der Waals surface area contributed by atoms with Crippen molar-refractivity contribution in [2.24, 2.45) is 0 Å². The predicted molar refractivity (Wildman–Crippen MR) is 233 cm³/mol. The standard InChI is InChI=1S/C52H30N2O2/c1-2-13-34-31(11-1)12-9-19-42(34)53-43-18-6-3-14-35(43)40-29-32(23-26-44(40)53)33-24-27-45-41(30-33)50-46(28-25-39-37-16-5-8-22-49(37)56-52(39)50)54(45)47-20-10-17-38-36-15-4-7-21-48(36)55-51(38)47/h1-30H. The van der Waals surface area contributed by atoms with Gasteiger partial charge in [0.15, 0.2) is 5.58 Å². The smallest absolute Gasteiger partial charge is 0.159 e. The molecule has 0 radical (unpaired) electrons. The maximum atomic E-state index is 6.75. The quantitative estimate of drug-likeness (QED) is 0.183. The number of furan rings is 2. The molecule has 260 valence electrons. The number of fused-ring (bicyclic) bond motifs is 14. The number of nitrogens with zero attached hydrogens (tertiary/aromatic N) is 2. The SMILES string of the molecule is c1ccc2c(-n3c4ccccc4c4cc(-c5ccc6c(c5)c5c7oc8ccccc8c7ccc5n6-c5cccc6c5oc5ccccc56)ccc43)cccc2c1. The highest BCUT2D eigenvalue weighted by molar-refractivity contribution is 6.25. The van der Waals surface area contributed by atoms with Crippen LogP contribution in [0, 0.1) is 0 Å². The molecule has 9 aromatic carbocycles. The highest BCUT2D eigenvalue weighted by Gasteiger charge is 2.22. The Morgan fingerprint density at radius 3 is 1.62 bits per heavy atom. The van der Waals surface area contributed by atoms with Crippen LogP contribution in [0.4, 0.5) is 0 Å². The zero-order chi connectivity index (χ0) is 36.5. The maximum Gasteiger partial charge on any atom is 0.159 e. The average molecular weight is 715 g/mol. The maximum absolute atomic E-state index is 6.75. The second kappa shape index (κ2) is 11.0. The van der Waals surface area contributed by atoms with Gasteiger partial charge in [0.05, 0.1) is 38.8 Å². The van der Waals surface area contributed by atoms with E-state index in [1.54, 1.807) is 0 Å². The minimum absolute atomic E-state index is 0.870. The fourth-order valence-electron chi connectivity index (χ4n) is 9.45. The zero-order valence-corrected chi connectivity index (χ0v) is 30.0. The molecule has 4 heteroatoms. The summed E-state index contributed by atoms with van der Waals surface area (Å²) in [4.78, 5) is 0. The van der Waals surface area contributed by atoms with Gasteiger partial charge < -0.3 is 18.0 Å². The summed E-state index contributed by atoms with van der Waals surface area (Å²) < 4.78 is 18.1. The van der Waals surface area contributed by atoms with Gasteiger partial charge in [0.2, 0.25) is 0 Å². The number of benzene rings is 9. The van der Waals surface area contributed by atoms with E-state index < -0.39 is 0 Å². The van der Waals surface area contributed by atoms with Crippen molar-refractivity contribution in [3.63, 3.8) is 0 Å². The van der Waals surface area contributed by atoms with Crippen LogP contribution in [-0.4, -0.2) is 9.13 Å². The summed E-state index contributed by atoms with van der Waals surface area (Å²) in [5.74, 6) is 0. The second-order valence-electron chi connectivity index (χ2n) is 14.8. The van der Waals surface area contributed by atoms with Crippen LogP contribution in [-0.2, 0) is 0 Å². The van der Waals surface area contributed by atoms with E-state index >= 15 is 0 Å². The Balaban J connectivity index is 1.09. The molecule has 56 heavy (non-hydrogen) atoms. The largest absolute Gasteiger partial charge is 0.455 e. The summed E-state index contributed by atoms with van der Waals surface area (Å²) in [5, 5.41) is 11.6. The van der Waals surface area contributed by atoms with Gasteiger partial charge in [-0.05, 0) is 83.2 Å². The van der Waals surface area contributed by atoms with Crippen molar-refractivity contribution in [3.05, 3.63) is 182 Å². The van der Waals surface area contributed by atoms with Gasteiger partial charge in [-0.1, -0.05) is 115 Å². The molecular formula is C52H30N2O2. The minimum Gasteiger partial charge on any atom is -0.455 e. The van der Waals surface area contributed by atoms with E-state index in [-0.39, 0.29) is 0 Å². The Morgan fingerprint density at radius 1 is 0.304 bits per heavy atom. The van der Waals surface area contributed by atoms with E-state index in [4.69, 9.17) is 8.83 Å². The van der Waals surface area contributed by atoms with Gasteiger partial charge in [-0.3, -0.25) is 0 Å². The molecule has 4 heterocycles. The van der Waals surface area contributed by atoms with Crippen molar-refractivity contribution in [2.75, 3.05) is 0 Å². The molecule has 0 unspecified atom stereocenters. The lowest BCUT2D eigenvalue weighted by atomic mass is 10.00. The van der Waals surface area contributed by atoms with Crippen LogP contribution in [0.3, 0.4) is 0 Å². The number of para-hydroxylation sites is 4. The van der Waals surface area contributed by atoms with Crippen LogP contribution in [0.5, 0.6) is 0 Å². The lowest BCUT2D eigenvalue weighted by Crippen LogP contribution is -1.95. The van der Waals surface area contributed by atoms with Crippen molar-refractivity contribution in [1.29, 1.82) is 0 Å². The highest BCUT2D eigenvalue weighted by atomic mass is 16.3. The Kier molecular flexibility index (Phi) is 5.86. The monoisotopic (exact) mass is 714 g/mol. The topological polar surface area (TPSA) is 36.1 Å². The molecule has 0 aliphatic carbocycles. The van der Waals surface area contributed by atoms with E-state index in [2.05, 4.69) is 173 Å². The minimum atomic E-state index is 0.870. The molecule has 0 bridgehead atoms. The van der Waals surface area contributed by atoms with Gasteiger partial charge >= 0.3 is 0 Å². The third-order valence-corrected chi connectivity index (χ3v) is 11.9. The highest BCUT2D eigenvalue weighted by Crippen LogP contribution is 2.44. The first-order chi connectivity index (χ1) is 27.8. The first kappa shape index (κ1) is 29.8. The number of aromatic nitrogens is 2. The molecule has 13 aromatic rings. The molecular weight excluding hydrogens is 685 g/mol. The average Bonchev–Trinajstić information content (AvgIpc) is 4.01. The van der Waals surface area contributed by atoms with E-state index in [0.29, 0.717) is 0 Å². The van der Waals surface area contributed by atoms with Crippen LogP contribution < -0.4 is 0 Å². The first-order valence-corrected chi connectivity index (χ1v) is 19.1. The molecule has 13 rings (SSSR count). The van der Waals surface area contributed by atoms with Crippen molar-refractivity contribution in [2.45, 2.75) is 0 Å². The van der Waals surface area contributed by atoms with Gasteiger partial charge in [-0.25, -0.2) is 0 Å². The summed E-state index contributed by atoms with van der Waals surface area (Å²) in [6, 6.07) is 65.3. The van der Waals surface area contributed by atoms with Gasteiger partial charge in [0.1, 0.15) is 16.7 Å². The van der Waals surface area contributed by atoms with Crippen LogP contribution in [0.1, 0.15) is 0 Å². The lowest BCUT2D eigenvalue weighted by Gasteiger charge is -2.12. The Labute approximate surface area is 319 Å². The fraction of sp³-hybridized carbons (Fsp3) is 0. The third kappa shape index (κ3) is 3.97. The predicted octanol–water partition coefficient (Wildman–Crippen LogP) is 14.5. The van der Waals surface area contributed by atoms with Crippen LogP contribution in [0.2, 0.25) is 0 Å². The molecule has 0 aliphatic heterocycles. The van der Waals surface area contributed by atoms with Crippen LogP contribution in [0.15, 0.2) is 191 Å². The molecule has 0 amide bonds. The van der Waals surface area contributed by atoms with Crippen molar-refractivity contribution in [1.82, 2.24) is 9.13 Å². The van der Waals surface area contributed by atoms with Gasteiger partial charge in [-0.15, -0.1) is 0 Å². The summed E-state index contributed by atoms with van der Waals surface area (Å²) in [6.07, 6.45) is 0. The summed E-state index contributed by atoms with van der Waals surface area (Å²) >= 11 is 0. The number of rotatable bonds is 3. The van der Waals surface area contributed by atoms with Gasteiger partial charge in [0.25, 0.3) is 0 Å². The van der Waals surface area contributed by atoms with Crippen LogP contribution in [0.25, 0.3) is 121 Å². The first-order valence-electron chi connectivity index (χ1n) is 19.1. The third-order valence-electron chi connectivity index (χ3n) is 11.9. The molecule has 0 fully saturated rings. The molecule has 0 atom stereocenters. The molecule has 4 nitrogen and oxygen atoms in total. The summed E-state index contributed by atoms with van der Waals surface area (Å²) in [5.41, 5.74) is 12.6. The molecule has 0 N–H and O–H groups in total. The molecule has 0 saturated heterocycles. The zero-order valence-electron chi connectivity index (χ0n) is 30.0. The van der Waals surface area contributed by atoms with Crippen LogP contribution >= 0.6 is 0 Å². The number of hydrogen-bond donors (Lipinski definition) is 0. The second-order valence-corrected chi connectivity index (χ2v) is 14.8. The lowest BCUT2D eigenvalue weighted by molar-refractivity contribution is 0.666. The Morgan fingerprint density at radius 2 is 0.821 bits per heavy atom. The fourth-order valence-corrected chi connectivity index (χ4v) is 9.45. The van der Waals surface area contributed by atoms with Gasteiger partial charge in [0, 0.05) is 43.1 Å². The number of hydrogen-bond acceptors (Lipinski definition) is 2. The van der Waals surface area contributed by atoms with Crippen molar-refractivity contribution in [3.8, 4) is 22.5 Å². The normalized spacial score (nSPS) is 12.3. The molecule has 4 aromatic heterocycles. The Hall–Kier alpha value is -7.56. The van der Waals surface area contributed by atoms with Gasteiger partial charge in [-0.2, -0.15) is 0 Å². The summed E-state index contributed by atoms with van der Waals surface area (Å²) in [7, 11) is 0.